The van der Waals surface area contributed by atoms with Gasteiger partial charge >= 0.3 is 36.9 Å². The summed E-state index contributed by atoms with van der Waals surface area (Å²) in [6.45, 7) is 2.46. The summed E-state index contributed by atoms with van der Waals surface area (Å²) in [5, 5.41) is 34.0. The van der Waals surface area contributed by atoms with Crippen LogP contribution < -0.4 is 0 Å². The van der Waals surface area contributed by atoms with Crippen molar-refractivity contribution in [2.45, 2.75) is 24.3 Å². The number of carbonyl (C=O) groups excluding carboxylic acids is 2. The fraction of sp³-hybridized carbons (Fsp3) is 0.500. The van der Waals surface area contributed by atoms with Crippen LogP contribution >= 0.6 is 0 Å². The van der Waals surface area contributed by atoms with Crippen LogP contribution in [0, 0.1) is 22.9 Å². The third-order valence-electron chi connectivity index (χ3n) is 3.29. The van der Waals surface area contributed by atoms with E-state index in [0.717, 1.165) is 14.1 Å². The SMILES string of the molecule is CC(C(C)[S-](=[N+](C)C(=O)F)=[N+](C#N)C(=O)O)[S-](=[N+](C)C(=O)F)=[N+](C#N)C(=O)O. The van der Waals surface area contributed by atoms with Crippen molar-refractivity contribution in [1.82, 2.24) is 0 Å². The quantitative estimate of drug-likeness (QED) is 0.166. The fourth-order valence-corrected chi connectivity index (χ4v) is 6.11. The number of nitriles is 2. The number of hydrogen-bond acceptors (Lipinski definition) is 8. The van der Waals surface area contributed by atoms with E-state index < -0.39 is 56.0 Å². The van der Waals surface area contributed by atoms with E-state index in [1.54, 1.807) is 0 Å². The third-order valence-corrected chi connectivity index (χ3v) is 8.24. The van der Waals surface area contributed by atoms with Gasteiger partial charge in [0.15, 0.2) is 10.5 Å². The van der Waals surface area contributed by atoms with Crippen LogP contribution in [0.25, 0.3) is 0 Å². The van der Waals surface area contributed by atoms with E-state index in [1.165, 1.54) is 26.2 Å². The third kappa shape index (κ3) is 5.51. The Morgan fingerprint density at radius 3 is 1.21 bits per heavy atom. The molecule has 0 spiro atoms. The van der Waals surface area contributed by atoms with Crippen LogP contribution in [0.4, 0.5) is 28.0 Å². The number of nitrogens with zero attached hydrogens (tertiary/aromatic N) is 6. The highest BCUT2D eigenvalue weighted by atomic mass is 32.2. The largest absolute Gasteiger partial charge is 0.564 e. The van der Waals surface area contributed by atoms with E-state index in [4.69, 9.17) is 20.7 Å². The van der Waals surface area contributed by atoms with Gasteiger partial charge in [0.25, 0.3) is 0 Å². The molecule has 16 heteroatoms. The van der Waals surface area contributed by atoms with Gasteiger partial charge in [-0.05, 0) is 31.5 Å². The van der Waals surface area contributed by atoms with Gasteiger partial charge in [-0.2, -0.15) is 9.59 Å². The molecule has 0 fully saturated rings. The van der Waals surface area contributed by atoms with E-state index in [1.807, 2.05) is 0 Å². The van der Waals surface area contributed by atoms with Crippen LogP contribution in [-0.4, -0.2) is 75.1 Å². The lowest BCUT2D eigenvalue weighted by Gasteiger charge is -2.25. The molecule has 28 heavy (non-hydrogen) atoms. The Morgan fingerprint density at radius 1 is 0.821 bits per heavy atom. The number of rotatable bonds is 3. The molecule has 0 aliphatic rings. The van der Waals surface area contributed by atoms with Gasteiger partial charge in [-0.1, -0.05) is 13.8 Å². The summed E-state index contributed by atoms with van der Waals surface area (Å²) in [7, 11) is -2.52. The van der Waals surface area contributed by atoms with Gasteiger partial charge < -0.3 is 10.2 Å². The van der Waals surface area contributed by atoms with Gasteiger partial charge in [0.2, 0.25) is 0 Å². The smallest absolute Gasteiger partial charge is 0.447 e. The van der Waals surface area contributed by atoms with Crippen molar-refractivity contribution in [2.75, 3.05) is 14.1 Å². The molecule has 2 atom stereocenters. The summed E-state index contributed by atoms with van der Waals surface area (Å²) >= 11 is 0. The second-order valence-electron chi connectivity index (χ2n) is 4.85. The van der Waals surface area contributed by atoms with Crippen molar-refractivity contribution in [3.8, 4) is 12.4 Å². The zero-order valence-corrected chi connectivity index (χ0v) is 16.6. The Hall–Kier alpha value is -2.98. The summed E-state index contributed by atoms with van der Waals surface area (Å²) in [6.07, 6.45) is -5.30. The summed E-state index contributed by atoms with van der Waals surface area (Å²) < 4.78 is 27.2. The first-order valence-corrected chi connectivity index (χ1v) is 9.42. The summed E-state index contributed by atoms with van der Waals surface area (Å²) in [5.41, 5.74) is 0. The first-order chi connectivity index (χ1) is 12.8. The Morgan fingerprint density at radius 2 is 1.07 bits per heavy atom. The van der Waals surface area contributed by atoms with Crippen LogP contribution in [0.15, 0.2) is 0 Å². The second-order valence-corrected chi connectivity index (χ2v) is 9.33. The molecule has 154 valence electrons. The minimum Gasteiger partial charge on any atom is -0.447 e. The molecule has 12 nitrogen and oxygen atoms in total. The molecule has 0 rings (SSSR count). The first kappa shape index (κ1) is 25.0. The predicted molar refractivity (Wildman–Crippen MR) is 86.8 cm³/mol. The Balaban J connectivity index is 7.41. The molecule has 0 aromatic carbocycles. The van der Waals surface area contributed by atoms with Crippen molar-refractivity contribution in [3.63, 3.8) is 0 Å². The highest BCUT2D eigenvalue weighted by Gasteiger charge is 2.24. The van der Waals surface area contributed by atoms with E-state index >= 15 is 0 Å². The maximum atomic E-state index is 13.3. The molecule has 2 N–H and O–H groups in total. The fourth-order valence-electron chi connectivity index (χ4n) is 1.90. The van der Waals surface area contributed by atoms with Crippen molar-refractivity contribution in [1.29, 1.82) is 10.5 Å². The summed E-state index contributed by atoms with van der Waals surface area (Å²) in [4.78, 5) is 44.9. The minimum absolute atomic E-state index is 0.0644. The molecule has 0 heterocycles. The molecular formula is C12H16F2N6O6S2+2. The van der Waals surface area contributed by atoms with Crippen LogP contribution in [0.1, 0.15) is 13.8 Å². The molecule has 0 aliphatic carbocycles. The van der Waals surface area contributed by atoms with E-state index in [2.05, 4.69) is 0 Å². The zero-order valence-electron chi connectivity index (χ0n) is 14.9. The molecule has 0 aromatic rings. The van der Waals surface area contributed by atoms with E-state index in [-0.39, 0.29) is 7.89 Å². The second kappa shape index (κ2) is 10.4. The number of amides is 4. The summed E-state index contributed by atoms with van der Waals surface area (Å²) in [5.74, 6) is 0. The lowest BCUT2D eigenvalue weighted by molar-refractivity contribution is -0.410. The van der Waals surface area contributed by atoms with Gasteiger partial charge in [0.05, 0.1) is 0 Å². The molecule has 4 amide bonds. The predicted octanol–water partition coefficient (Wildman–Crippen LogP) is 1.54. The highest BCUT2D eigenvalue weighted by molar-refractivity contribution is 7.77. The Kier molecular flexibility index (Phi) is 9.27. The minimum atomic E-state index is -2.13. The molecule has 0 aliphatic heterocycles. The van der Waals surface area contributed by atoms with Gasteiger partial charge in [0.1, 0.15) is 14.1 Å². The maximum Gasteiger partial charge on any atom is 0.564 e. The average Bonchev–Trinajstić information content (AvgIpc) is 2.60. The average molecular weight is 442 g/mol. The Bertz CT molecular complexity index is 942. The number of carbonyl (C=O) groups is 4. The lowest BCUT2D eigenvalue weighted by atomic mass is 10.4. The van der Waals surface area contributed by atoms with Crippen molar-refractivity contribution in [2.24, 2.45) is 0 Å². The van der Waals surface area contributed by atoms with E-state index in [9.17, 15) is 28.0 Å². The zero-order chi connectivity index (χ0) is 22.3. The van der Waals surface area contributed by atoms with Crippen LogP contribution in [-0.2, 0) is 21.0 Å². The van der Waals surface area contributed by atoms with Gasteiger partial charge in [-0.3, -0.25) is 0 Å². The molecule has 2 unspecified atom stereocenters. The monoisotopic (exact) mass is 442 g/mol. The molecule has 0 saturated carbocycles. The number of hydrogen-bond donors (Lipinski definition) is 2. The molecule has 0 saturated heterocycles. The van der Waals surface area contributed by atoms with Crippen LogP contribution in [0.2, 0.25) is 0 Å². The number of halogens is 2. The first-order valence-electron chi connectivity index (χ1n) is 7.01. The van der Waals surface area contributed by atoms with Gasteiger partial charge in [-0.25, -0.2) is 17.5 Å². The molecule has 0 bridgehead atoms. The van der Waals surface area contributed by atoms with Crippen molar-refractivity contribution >= 4 is 45.5 Å². The molecular weight excluding hydrogens is 426 g/mol. The summed E-state index contributed by atoms with van der Waals surface area (Å²) in [6, 6.07) is 0. The molecule has 0 aromatic heterocycles. The van der Waals surface area contributed by atoms with Crippen molar-refractivity contribution in [3.05, 3.63) is 0 Å². The normalized spacial score (nSPS) is 16.9. The van der Waals surface area contributed by atoms with Crippen LogP contribution in [0.5, 0.6) is 0 Å². The highest BCUT2D eigenvalue weighted by Crippen LogP contribution is 2.09. The van der Waals surface area contributed by atoms with E-state index in [0.29, 0.717) is 7.89 Å². The standard InChI is InChI=1S/C12H14F2N6O6S2/c1-7(27(17(3)9(13)21)19(5-15)11(23)24)8(2)28(18(4)10(14)22)20(6-16)12(25)26/h7-8H,1-4H3/p+2. The van der Waals surface area contributed by atoms with Gasteiger partial charge in [-0.15, -0.1) is 16.7 Å². The Labute approximate surface area is 161 Å². The lowest BCUT2D eigenvalue weighted by Crippen LogP contribution is -2.38. The van der Waals surface area contributed by atoms with Crippen molar-refractivity contribution < 1.29 is 54.0 Å². The maximum absolute atomic E-state index is 13.3. The number of carboxylic acid groups (broad SMARTS) is 2. The van der Waals surface area contributed by atoms with Gasteiger partial charge in [0, 0.05) is 0 Å². The molecule has 0 radical (unpaired) electrons. The topological polar surface area (TPSA) is 168 Å². The van der Waals surface area contributed by atoms with Crippen LogP contribution in [0.3, 0.4) is 0 Å².